The lowest BCUT2D eigenvalue weighted by molar-refractivity contribution is 0.0516. The number of sulfonamides is 1. The molecule has 1 aromatic carbocycles. The van der Waals surface area contributed by atoms with E-state index in [1.807, 2.05) is 25.3 Å². The van der Waals surface area contributed by atoms with Crippen molar-refractivity contribution < 1.29 is 26.4 Å². The highest BCUT2D eigenvalue weighted by molar-refractivity contribution is 7.92. The molecule has 0 aliphatic rings. The summed E-state index contributed by atoms with van der Waals surface area (Å²) in [6.07, 6.45) is -1.93. The highest BCUT2D eigenvalue weighted by Gasteiger charge is 2.28. The van der Waals surface area contributed by atoms with E-state index in [9.17, 15) is 31.6 Å². The summed E-state index contributed by atoms with van der Waals surface area (Å²) < 4.78 is 67.6. The second-order valence-corrected chi connectivity index (χ2v) is 11.8. The Balaban J connectivity index is 1.97. The number of aryl methyl sites for hydroxylation is 1. The number of benzene rings is 1. The highest BCUT2D eigenvalue weighted by atomic mass is 32.2. The summed E-state index contributed by atoms with van der Waals surface area (Å²) in [5.74, 6) is 0.995. The average Bonchev–Trinajstić information content (AvgIpc) is 3.43. The number of thiophene rings is 1. The van der Waals surface area contributed by atoms with Crippen LogP contribution in [0.1, 0.15) is 35.7 Å². The van der Waals surface area contributed by atoms with Gasteiger partial charge in [0.2, 0.25) is 0 Å². The number of amides is 2. The van der Waals surface area contributed by atoms with Crippen LogP contribution in [0.5, 0.6) is 0 Å². The van der Waals surface area contributed by atoms with Gasteiger partial charge in [-0.05, 0) is 37.0 Å². The van der Waals surface area contributed by atoms with Crippen molar-refractivity contribution in [1.29, 1.82) is 5.26 Å². The van der Waals surface area contributed by atoms with Gasteiger partial charge in [0, 0.05) is 34.9 Å². The summed E-state index contributed by atoms with van der Waals surface area (Å²) in [6.45, 7) is 5.19. The molecule has 0 radical (unpaired) electrons. The van der Waals surface area contributed by atoms with Crippen LogP contribution in [-0.2, 0) is 23.0 Å². The Hall–Kier alpha value is -3.37. The van der Waals surface area contributed by atoms with Crippen molar-refractivity contribution in [2.24, 2.45) is 5.92 Å². The first-order chi connectivity index (χ1) is 17.4. The van der Waals surface area contributed by atoms with E-state index in [2.05, 4.69) is 11.1 Å². The molecule has 13 heteroatoms. The summed E-state index contributed by atoms with van der Waals surface area (Å²) in [4.78, 5) is 17.0. The molecule has 0 saturated heterocycles. The molecule has 2 aromatic heterocycles. The van der Waals surface area contributed by atoms with Crippen molar-refractivity contribution >= 4 is 27.4 Å². The third kappa shape index (κ3) is 7.11. The van der Waals surface area contributed by atoms with Crippen molar-refractivity contribution in [2.45, 2.75) is 50.5 Å². The minimum Gasteiger partial charge on any atom is -0.334 e. The molecule has 0 spiro atoms. The van der Waals surface area contributed by atoms with E-state index in [-0.39, 0.29) is 21.3 Å². The first-order valence-electron chi connectivity index (χ1n) is 11.3. The molecule has 1 atom stereocenters. The van der Waals surface area contributed by atoms with Gasteiger partial charge in [0.1, 0.15) is 10.0 Å². The molecular weight excluding hydrogens is 527 g/mol. The van der Waals surface area contributed by atoms with Gasteiger partial charge in [0.15, 0.2) is 6.17 Å². The van der Waals surface area contributed by atoms with Crippen LogP contribution >= 0.6 is 11.3 Å². The molecule has 0 saturated carbocycles. The van der Waals surface area contributed by atoms with Gasteiger partial charge >= 0.3 is 6.03 Å². The molecule has 37 heavy (non-hydrogen) atoms. The van der Waals surface area contributed by atoms with Gasteiger partial charge in [-0.2, -0.15) is 5.26 Å². The number of imidazole rings is 1. The lowest BCUT2D eigenvalue weighted by Gasteiger charge is -2.12. The number of hydrogen-bond donors (Lipinski definition) is 2. The number of rotatable bonds is 10. The van der Waals surface area contributed by atoms with Gasteiger partial charge in [-0.3, -0.25) is 0 Å². The number of nitrogens with zero attached hydrogens (tertiary/aromatic N) is 3. The predicted molar refractivity (Wildman–Crippen MR) is 134 cm³/mol. The van der Waals surface area contributed by atoms with Crippen LogP contribution in [0.4, 0.5) is 18.0 Å². The Morgan fingerprint density at radius 3 is 2.54 bits per heavy atom. The van der Waals surface area contributed by atoms with Crippen molar-refractivity contribution in [2.75, 3.05) is 6.54 Å². The van der Waals surface area contributed by atoms with Gasteiger partial charge in [0.05, 0.1) is 18.2 Å². The quantitative estimate of drug-likeness (QED) is 0.380. The van der Waals surface area contributed by atoms with Crippen molar-refractivity contribution in [3.63, 3.8) is 0 Å². The maximum Gasteiger partial charge on any atom is 0.328 e. The normalized spacial score (nSPS) is 12.5. The largest absolute Gasteiger partial charge is 0.334 e. The second-order valence-electron chi connectivity index (χ2n) is 8.77. The molecule has 0 fully saturated rings. The number of halogens is 3. The molecule has 2 amide bonds. The first-order valence-corrected chi connectivity index (χ1v) is 13.6. The van der Waals surface area contributed by atoms with E-state index in [1.54, 1.807) is 46.7 Å². The van der Waals surface area contributed by atoms with Crippen molar-refractivity contribution in [3.8, 4) is 17.2 Å². The smallest absolute Gasteiger partial charge is 0.328 e. The Labute approximate surface area is 217 Å². The van der Waals surface area contributed by atoms with E-state index in [0.717, 1.165) is 22.7 Å². The number of alkyl halides is 3. The molecular formula is C24H26F3N5O3S2. The number of carbonyl (C=O) groups is 1. The number of carbonyl (C=O) groups excluding carboxylic acids is 1. The Morgan fingerprint density at radius 1 is 1.22 bits per heavy atom. The monoisotopic (exact) mass is 553 g/mol. The molecule has 198 valence electrons. The van der Waals surface area contributed by atoms with Crippen LogP contribution in [0.15, 0.2) is 40.9 Å². The fourth-order valence-electron chi connectivity index (χ4n) is 3.58. The van der Waals surface area contributed by atoms with Crippen LogP contribution in [0.3, 0.4) is 0 Å². The zero-order valence-corrected chi connectivity index (χ0v) is 22.0. The number of nitriles is 1. The van der Waals surface area contributed by atoms with Crippen molar-refractivity contribution in [1.82, 2.24) is 19.6 Å². The van der Waals surface area contributed by atoms with Gasteiger partial charge in [-0.25, -0.2) is 36.1 Å². The zero-order valence-electron chi connectivity index (χ0n) is 20.3. The minimum absolute atomic E-state index is 0.199. The SMILES string of the molecule is Cc1nccn1Cc1ccc(-c2cc(CC(C)C)sc2S(=O)(=O)NC(=O)NCC(F)C(F)F)c(C#N)c1. The van der Waals surface area contributed by atoms with Crippen LogP contribution < -0.4 is 10.0 Å². The van der Waals surface area contributed by atoms with E-state index in [4.69, 9.17) is 0 Å². The molecule has 3 aromatic rings. The minimum atomic E-state index is -4.48. The average molecular weight is 554 g/mol. The lowest BCUT2D eigenvalue weighted by atomic mass is 9.99. The Kier molecular flexibility index (Phi) is 8.98. The van der Waals surface area contributed by atoms with E-state index < -0.39 is 35.2 Å². The van der Waals surface area contributed by atoms with Gasteiger partial charge in [0.25, 0.3) is 16.4 Å². The Morgan fingerprint density at radius 2 is 1.95 bits per heavy atom. The number of aromatic nitrogens is 2. The van der Waals surface area contributed by atoms with E-state index in [1.165, 1.54) is 0 Å². The fourth-order valence-corrected chi connectivity index (χ4v) is 6.44. The summed E-state index contributed by atoms with van der Waals surface area (Å²) in [5.41, 5.74) is 1.64. The third-order valence-corrected chi connectivity index (χ3v) is 8.35. The predicted octanol–water partition coefficient (Wildman–Crippen LogP) is 4.63. The molecule has 0 bridgehead atoms. The lowest BCUT2D eigenvalue weighted by Crippen LogP contribution is -2.42. The summed E-state index contributed by atoms with van der Waals surface area (Å²) in [5, 5.41) is 11.7. The maximum atomic E-state index is 13.1. The highest BCUT2D eigenvalue weighted by Crippen LogP contribution is 2.38. The van der Waals surface area contributed by atoms with Crippen LogP contribution in [-0.4, -0.2) is 43.1 Å². The summed E-state index contributed by atoms with van der Waals surface area (Å²) >= 11 is 0.944. The summed E-state index contributed by atoms with van der Waals surface area (Å²) in [6, 6.07) is 7.54. The third-order valence-electron chi connectivity index (χ3n) is 5.33. The number of hydrogen-bond acceptors (Lipinski definition) is 6. The van der Waals surface area contributed by atoms with Gasteiger partial charge in [-0.15, -0.1) is 11.3 Å². The molecule has 3 rings (SSSR count). The van der Waals surface area contributed by atoms with Crippen LogP contribution in [0, 0.1) is 24.2 Å². The molecule has 2 N–H and O–H groups in total. The Bertz CT molecular complexity index is 1410. The van der Waals surface area contributed by atoms with Crippen LogP contribution in [0.2, 0.25) is 0 Å². The summed E-state index contributed by atoms with van der Waals surface area (Å²) in [7, 11) is -4.48. The molecule has 0 aliphatic carbocycles. The number of nitrogens with one attached hydrogen (secondary N) is 2. The van der Waals surface area contributed by atoms with Crippen LogP contribution in [0.25, 0.3) is 11.1 Å². The zero-order chi connectivity index (χ0) is 27.3. The number of urea groups is 1. The van der Waals surface area contributed by atoms with Gasteiger partial charge < -0.3 is 9.88 Å². The second kappa shape index (κ2) is 11.8. The molecule has 1 unspecified atom stereocenters. The first kappa shape index (κ1) is 28.2. The molecule has 2 heterocycles. The maximum absolute atomic E-state index is 13.1. The van der Waals surface area contributed by atoms with Gasteiger partial charge in [-0.1, -0.05) is 26.0 Å². The topological polar surface area (TPSA) is 117 Å². The standard InChI is InChI=1S/C24H26F3N5O3S2/c1-14(2)8-18-10-20(23(36-18)37(34,35)31-24(33)30-12-21(25)22(26)27)19-5-4-16(9-17(19)11-28)13-32-7-6-29-15(32)3/h4-7,9-10,14,21-22H,8,12-13H2,1-3H3,(H2,30,31,33). The fraction of sp³-hybridized carbons (Fsp3) is 0.375. The molecule has 8 nitrogen and oxygen atoms in total. The van der Waals surface area contributed by atoms with E-state index in [0.29, 0.717) is 23.4 Å². The van der Waals surface area contributed by atoms with Crippen molar-refractivity contribution in [3.05, 3.63) is 58.5 Å². The molecule has 0 aliphatic heterocycles. The van der Waals surface area contributed by atoms with E-state index >= 15 is 0 Å².